The van der Waals surface area contributed by atoms with Gasteiger partial charge in [-0.25, -0.2) is 13.4 Å². The van der Waals surface area contributed by atoms with Crippen LogP contribution in [0.1, 0.15) is 42.5 Å². The highest BCUT2D eigenvalue weighted by Gasteiger charge is 2.60. The summed E-state index contributed by atoms with van der Waals surface area (Å²) in [7, 11) is -1.65. The fourth-order valence-electron chi connectivity index (χ4n) is 4.38. The Morgan fingerprint density at radius 1 is 1.33 bits per heavy atom. The molecule has 3 aliphatic rings. The number of carbonyl (C=O) groups excluding carboxylic acids is 1. The Hall–Kier alpha value is -3.13. The van der Waals surface area contributed by atoms with Crippen LogP contribution in [-0.2, 0) is 21.2 Å². The Balaban J connectivity index is 1.35. The fourth-order valence-corrected chi connectivity index (χ4v) is 6.93. The molecule has 1 aromatic heterocycles. The molecule has 0 radical (unpaired) electrons. The van der Waals surface area contributed by atoms with E-state index in [-0.39, 0.29) is 29.1 Å². The maximum absolute atomic E-state index is 12.9. The van der Waals surface area contributed by atoms with Crippen molar-refractivity contribution < 1.29 is 23.1 Å². The molecule has 2 fully saturated rings. The minimum atomic E-state index is -3.25. The number of nitrogens with zero attached hydrogens (tertiary/aromatic N) is 3. The highest BCUT2D eigenvalue weighted by atomic mass is 35.5. The second kappa shape index (κ2) is 9.07. The number of anilines is 1. The third-order valence-corrected chi connectivity index (χ3v) is 10.2. The van der Waals surface area contributed by atoms with Gasteiger partial charge in [-0.05, 0) is 49.5 Å². The van der Waals surface area contributed by atoms with Crippen molar-refractivity contribution in [3.8, 4) is 11.8 Å². The van der Waals surface area contributed by atoms with Crippen molar-refractivity contribution in [2.24, 2.45) is 0 Å². The summed E-state index contributed by atoms with van der Waals surface area (Å²) in [5, 5.41) is 22.5. The van der Waals surface area contributed by atoms with Crippen LogP contribution in [0.4, 0.5) is 5.69 Å². The Labute approximate surface area is 214 Å². The van der Waals surface area contributed by atoms with Crippen molar-refractivity contribution in [3.05, 3.63) is 57.9 Å². The number of pyridine rings is 1. The lowest BCUT2D eigenvalue weighted by molar-refractivity contribution is -0.118. The zero-order valence-corrected chi connectivity index (χ0v) is 21.1. The molecule has 9 nitrogen and oxygen atoms in total. The number of nitrogens with one attached hydrogen (secondary N) is 1. The number of amides is 1. The third-order valence-electron chi connectivity index (χ3n) is 6.91. The summed E-state index contributed by atoms with van der Waals surface area (Å²) < 4.78 is 30.8. The van der Waals surface area contributed by atoms with Gasteiger partial charge in [0.15, 0.2) is 16.1 Å². The zero-order chi connectivity index (χ0) is 25.7. The number of halogens is 1. The van der Waals surface area contributed by atoms with E-state index in [1.54, 1.807) is 31.3 Å². The predicted octanol–water partition coefficient (Wildman–Crippen LogP) is 2.56. The van der Waals surface area contributed by atoms with Crippen molar-refractivity contribution in [3.63, 3.8) is 0 Å². The molecule has 11 heteroatoms. The van der Waals surface area contributed by atoms with E-state index in [4.69, 9.17) is 21.6 Å². The Kier molecular flexibility index (Phi) is 6.19. The number of benzene rings is 1. The van der Waals surface area contributed by atoms with E-state index in [1.807, 2.05) is 6.07 Å². The van der Waals surface area contributed by atoms with Gasteiger partial charge in [0.2, 0.25) is 0 Å². The van der Waals surface area contributed by atoms with Gasteiger partial charge in [-0.3, -0.25) is 4.79 Å². The number of carbonyl (C=O) groups is 1. The van der Waals surface area contributed by atoms with Crippen molar-refractivity contribution in [1.29, 1.82) is 5.26 Å². The number of hydrogen-bond acceptors (Lipinski definition) is 8. The van der Waals surface area contributed by atoms with Gasteiger partial charge in [-0.2, -0.15) is 5.26 Å². The van der Waals surface area contributed by atoms with E-state index in [2.05, 4.69) is 10.3 Å². The van der Waals surface area contributed by atoms with Crippen LogP contribution in [0.2, 0.25) is 5.15 Å². The Morgan fingerprint density at radius 2 is 2.03 bits per heavy atom. The first-order chi connectivity index (χ1) is 17.1. The summed E-state index contributed by atoms with van der Waals surface area (Å²) >= 11 is 6.23. The van der Waals surface area contributed by atoms with Crippen LogP contribution in [0.25, 0.3) is 6.08 Å². The van der Waals surface area contributed by atoms with Crippen LogP contribution >= 0.6 is 11.6 Å². The number of sulfone groups is 1. The molecular formula is C25H25ClN4O5S. The Bertz CT molecular complexity index is 1390. The molecule has 2 saturated carbocycles. The van der Waals surface area contributed by atoms with Crippen LogP contribution in [0.3, 0.4) is 0 Å². The highest BCUT2D eigenvalue weighted by Crippen LogP contribution is 2.51. The number of ether oxygens (including phenoxy) is 1. The van der Waals surface area contributed by atoms with Gasteiger partial charge in [0, 0.05) is 19.7 Å². The lowest BCUT2D eigenvalue weighted by Gasteiger charge is -2.33. The average Bonchev–Trinajstić information content (AvgIpc) is 3.77. The first kappa shape index (κ1) is 24.6. The molecule has 2 aromatic rings. The summed E-state index contributed by atoms with van der Waals surface area (Å²) in [6.45, 7) is 0.213. The quantitative estimate of drug-likeness (QED) is 0.499. The summed E-state index contributed by atoms with van der Waals surface area (Å²) in [6.07, 6.45) is 2.71. The van der Waals surface area contributed by atoms with Gasteiger partial charge in [-0.15, -0.1) is 0 Å². The van der Waals surface area contributed by atoms with E-state index in [9.17, 15) is 18.3 Å². The Morgan fingerprint density at radius 3 is 2.64 bits per heavy atom. The van der Waals surface area contributed by atoms with Crippen molar-refractivity contribution in [2.75, 3.05) is 18.6 Å². The average molecular weight is 529 g/mol. The van der Waals surface area contributed by atoms with Crippen LogP contribution < -0.4 is 15.0 Å². The van der Waals surface area contributed by atoms with Gasteiger partial charge < -0.3 is 20.1 Å². The molecule has 2 N–H and O–H groups in total. The minimum absolute atomic E-state index is 0.00417. The molecule has 0 spiro atoms. The van der Waals surface area contributed by atoms with Gasteiger partial charge in [0.05, 0.1) is 28.1 Å². The SMILES string of the molecule is CN1c2c(OCC3(S(=O)(=O)C4CC4)CC3)cc(Cl)nc2C=C(C(=O)NCc2ccc(C#N)cc2)C1O. The number of nitriles is 1. The molecule has 5 rings (SSSR count). The summed E-state index contributed by atoms with van der Waals surface area (Å²) in [5.74, 6) is -0.182. The van der Waals surface area contributed by atoms with E-state index in [1.165, 1.54) is 17.0 Å². The lowest BCUT2D eigenvalue weighted by Crippen LogP contribution is -2.42. The number of rotatable bonds is 8. The van der Waals surface area contributed by atoms with Crippen LogP contribution in [0, 0.1) is 11.3 Å². The first-order valence-electron chi connectivity index (χ1n) is 11.6. The van der Waals surface area contributed by atoms with E-state index < -0.39 is 26.7 Å². The molecule has 36 heavy (non-hydrogen) atoms. The number of hydrogen-bond donors (Lipinski definition) is 2. The number of aromatic nitrogens is 1. The minimum Gasteiger partial charge on any atom is -0.490 e. The largest absolute Gasteiger partial charge is 0.490 e. The molecule has 2 aliphatic carbocycles. The molecule has 188 valence electrons. The smallest absolute Gasteiger partial charge is 0.252 e. The molecule has 1 unspecified atom stereocenters. The standard InChI is InChI=1S/C25H25ClN4O5S/c1-30-22-19(10-18(24(30)32)23(31)28-13-16-4-2-15(12-27)3-5-16)29-21(26)11-20(22)35-14-25(8-9-25)36(33,34)17-6-7-17/h2-5,10-11,17,24,32H,6-9,13-14H2,1H3,(H,28,31). The summed E-state index contributed by atoms with van der Waals surface area (Å²) in [4.78, 5) is 18.7. The first-order valence-corrected chi connectivity index (χ1v) is 13.5. The second-order valence-corrected chi connectivity index (χ2v) is 12.5. The van der Waals surface area contributed by atoms with Crippen LogP contribution in [0.15, 0.2) is 35.9 Å². The normalized spacial score (nSPS) is 20.1. The number of aliphatic hydroxyl groups is 1. The zero-order valence-electron chi connectivity index (χ0n) is 19.6. The van der Waals surface area contributed by atoms with Crippen LogP contribution in [-0.4, -0.2) is 54.3 Å². The molecule has 1 aromatic carbocycles. The monoisotopic (exact) mass is 528 g/mol. The van der Waals surface area contributed by atoms with Gasteiger partial charge in [-0.1, -0.05) is 23.7 Å². The molecule has 0 bridgehead atoms. The van der Waals surface area contributed by atoms with E-state index in [0.29, 0.717) is 48.4 Å². The van der Waals surface area contributed by atoms with E-state index in [0.717, 1.165) is 5.56 Å². The maximum atomic E-state index is 12.9. The maximum Gasteiger partial charge on any atom is 0.252 e. The fraction of sp³-hybridized carbons (Fsp3) is 0.400. The lowest BCUT2D eigenvalue weighted by atomic mass is 10.0. The van der Waals surface area contributed by atoms with Crippen molar-refractivity contribution in [1.82, 2.24) is 10.3 Å². The molecule has 1 atom stereocenters. The topological polar surface area (TPSA) is 133 Å². The number of fused-ring (bicyclic) bond motifs is 1. The summed E-state index contributed by atoms with van der Waals surface area (Å²) in [5.41, 5.74) is 2.16. The third kappa shape index (κ3) is 4.43. The van der Waals surface area contributed by atoms with Gasteiger partial charge >= 0.3 is 0 Å². The second-order valence-electron chi connectivity index (χ2n) is 9.47. The number of aliphatic hydroxyl groups excluding tert-OH is 1. The van der Waals surface area contributed by atoms with Crippen LogP contribution in [0.5, 0.6) is 5.75 Å². The molecule has 1 amide bonds. The molecule has 0 saturated heterocycles. The molecule has 2 heterocycles. The highest BCUT2D eigenvalue weighted by molar-refractivity contribution is 7.94. The molecule has 1 aliphatic heterocycles. The van der Waals surface area contributed by atoms with Gasteiger partial charge in [0.1, 0.15) is 27.9 Å². The predicted molar refractivity (Wildman–Crippen MR) is 134 cm³/mol. The molecular weight excluding hydrogens is 504 g/mol. The van der Waals surface area contributed by atoms with Gasteiger partial charge in [0.25, 0.3) is 5.91 Å². The van der Waals surface area contributed by atoms with Crippen molar-refractivity contribution in [2.45, 2.75) is 48.5 Å². The van der Waals surface area contributed by atoms with Crippen molar-refractivity contribution >= 4 is 39.1 Å². The van der Waals surface area contributed by atoms with E-state index >= 15 is 0 Å². The summed E-state index contributed by atoms with van der Waals surface area (Å²) in [6, 6.07) is 10.3. The number of likely N-dealkylation sites (N-methyl/N-ethyl adjacent to an activating group) is 1.